The summed E-state index contributed by atoms with van der Waals surface area (Å²) in [5.41, 5.74) is 11.3. The number of nitriles is 1. The number of hydrogen-bond donors (Lipinski definition) is 2. The van der Waals surface area contributed by atoms with E-state index in [0.29, 0.717) is 45.0 Å². The summed E-state index contributed by atoms with van der Waals surface area (Å²) >= 11 is 5.40. The van der Waals surface area contributed by atoms with Crippen molar-refractivity contribution in [2.45, 2.75) is 36.4 Å². The molecule has 0 fully saturated rings. The molecule has 1 amide bonds. The molecule has 0 saturated carbocycles. The molecule has 0 bridgehead atoms. The number of Topliss-reactive ketones (excluding diaryl/α,β-unsaturated/α-hetero) is 1. The van der Waals surface area contributed by atoms with Gasteiger partial charge in [0.1, 0.15) is 5.82 Å². The Bertz CT molecular complexity index is 1730. The van der Waals surface area contributed by atoms with Crippen LogP contribution < -0.4 is 16.0 Å². The van der Waals surface area contributed by atoms with Gasteiger partial charge >= 0.3 is 0 Å². The van der Waals surface area contributed by atoms with Crippen molar-refractivity contribution in [3.8, 4) is 17.3 Å². The number of ketones is 1. The van der Waals surface area contributed by atoms with E-state index in [1.165, 1.54) is 51.3 Å². The van der Waals surface area contributed by atoms with Crippen LogP contribution in [0.5, 0.6) is 0 Å². The van der Waals surface area contributed by atoms with Crippen molar-refractivity contribution in [1.29, 1.82) is 5.26 Å². The largest absolute Gasteiger partial charge is 0.384 e. The highest BCUT2D eigenvalue weighted by Gasteiger charge is 2.41. The molecule has 1 aliphatic heterocycles. The summed E-state index contributed by atoms with van der Waals surface area (Å²) in [4.78, 5) is 33.0. The molecular weight excluding hydrogens is 595 g/mol. The molecule has 13 heteroatoms. The van der Waals surface area contributed by atoms with Crippen molar-refractivity contribution in [3.05, 3.63) is 80.3 Å². The molecule has 1 unspecified atom stereocenters. The van der Waals surface area contributed by atoms with Gasteiger partial charge in [-0.3, -0.25) is 14.5 Å². The van der Waals surface area contributed by atoms with E-state index in [9.17, 15) is 14.9 Å². The maximum atomic E-state index is 13.2. The number of aromatic nitrogens is 3. The van der Waals surface area contributed by atoms with Gasteiger partial charge < -0.3 is 11.1 Å². The van der Waals surface area contributed by atoms with Gasteiger partial charge in [-0.15, -0.1) is 32.9 Å². The molecule has 2 aliphatic rings. The molecule has 6 rings (SSSR count). The Balaban J connectivity index is 1.18. The lowest BCUT2D eigenvalue weighted by molar-refractivity contribution is -0.116. The zero-order valence-corrected chi connectivity index (χ0v) is 25.1. The Kier molecular flexibility index (Phi) is 7.72. The number of thiazole rings is 1. The minimum Gasteiger partial charge on any atom is -0.384 e. The van der Waals surface area contributed by atoms with Crippen LogP contribution in [0.4, 0.5) is 10.3 Å². The first kappa shape index (κ1) is 27.3. The molecule has 0 saturated heterocycles. The summed E-state index contributed by atoms with van der Waals surface area (Å²) in [6.07, 6.45) is 1.78. The number of carbonyl (C=O) groups is 2. The molecule has 3 N–H and O–H groups in total. The molecular formula is C28H23N7O2S4. The normalized spacial score (nSPS) is 17.0. The SMILES string of the molecule is Cc1ccc(-c2csc(NC(=O)CSc3nnc(N4C(N)=C(C#N)C(c5cccs5)C5=C4CCCC5=O)s3)n2)cc1. The lowest BCUT2D eigenvalue weighted by Gasteiger charge is -2.37. The van der Waals surface area contributed by atoms with E-state index in [-0.39, 0.29) is 23.3 Å². The van der Waals surface area contributed by atoms with Crippen LogP contribution in [-0.2, 0) is 9.59 Å². The van der Waals surface area contributed by atoms with Gasteiger partial charge in [-0.05, 0) is 31.2 Å². The predicted molar refractivity (Wildman–Crippen MR) is 164 cm³/mol. The van der Waals surface area contributed by atoms with Crippen LogP contribution in [-0.4, -0.2) is 32.6 Å². The third-order valence-electron chi connectivity index (χ3n) is 6.75. The van der Waals surface area contributed by atoms with E-state index in [0.717, 1.165) is 21.8 Å². The van der Waals surface area contributed by atoms with Crippen LogP contribution in [0, 0.1) is 18.3 Å². The highest BCUT2D eigenvalue weighted by Crippen LogP contribution is 2.48. The number of allylic oxidation sites excluding steroid dienone is 3. The van der Waals surface area contributed by atoms with Gasteiger partial charge in [-0.25, -0.2) is 4.98 Å². The van der Waals surface area contributed by atoms with Crippen LogP contribution in [0.3, 0.4) is 0 Å². The Labute approximate surface area is 252 Å². The molecule has 1 atom stereocenters. The first-order valence-electron chi connectivity index (χ1n) is 12.7. The van der Waals surface area contributed by atoms with Crippen LogP contribution in [0.15, 0.2) is 74.2 Å². The molecule has 4 heterocycles. The number of aryl methyl sites for hydroxylation is 1. The van der Waals surface area contributed by atoms with Crippen molar-refractivity contribution >= 4 is 67.7 Å². The second-order valence-electron chi connectivity index (χ2n) is 9.42. The van der Waals surface area contributed by atoms with E-state index in [2.05, 4.69) is 26.6 Å². The predicted octanol–water partition coefficient (Wildman–Crippen LogP) is 6.07. The smallest absolute Gasteiger partial charge is 0.236 e. The molecule has 41 heavy (non-hydrogen) atoms. The Hall–Kier alpha value is -3.83. The van der Waals surface area contributed by atoms with Crippen molar-refractivity contribution in [2.24, 2.45) is 5.73 Å². The molecule has 4 aromatic rings. The molecule has 1 aliphatic carbocycles. The number of carbonyl (C=O) groups excluding carboxylic acids is 2. The number of amides is 1. The maximum Gasteiger partial charge on any atom is 0.236 e. The van der Waals surface area contributed by atoms with Crippen molar-refractivity contribution in [1.82, 2.24) is 15.2 Å². The molecule has 0 spiro atoms. The van der Waals surface area contributed by atoms with E-state index in [1.54, 1.807) is 4.90 Å². The zero-order valence-electron chi connectivity index (χ0n) is 21.8. The van der Waals surface area contributed by atoms with E-state index >= 15 is 0 Å². The Morgan fingerprint density at radius 3 is 2.80 bits per heavy atom. The average Bonchev–Trinajstić information content (AvgIpc) is 3.75. The summed E-state index contributed by atoms with van der Waals surface area (Å²) in [5.74, 6) is -0.268. The average molecular weight is 618 g/mol. The minimum atomic E-state index is -0.470. The molecule has 9 nitrogen and oxygen atoms in total. The maximum absolute atomic E-state index is 13.2. The molecule has 3 aromatic heterocycles. The number of nitrogens with zero attached hydrogens (tertiary/aromatic N) is 5. The lowest BCUT2D eigenvalue weighted by atomic mass is 9.78. The zero-order chi connectivity index (χ0) is 28.5. The van der Waals surface area contributed by atoms with E-state index in [4.69, 9.17) is 5.73 Å². The van der Waals surface area contributed by atoms with Crippen LogP contribution in [0.1, 0.15) is 35.6 Å². The number of nitrogens with one attached hydrogen (secondary N) is 1. The first-order valence-corrected chi connectivity index (χ1v) is 16.3. The number of nitrogens with two attached hydrogens (primary N) is 1. The third kappa shape index (κ3) is 5.43. The summed E-state index contributed by atoms with van der Waals surface area (Å²) < 4.78 is 0.575. The fourth-order valence-electron chi connectivity index (χ4n) is 4.87. The summed E-state index contributed by atoms with van der Waals surface area (Å²) in [5, 5.41) is 26.4. The molecule has 0 radical (unpaired) electrons. The van der Waals surface area contributed by atoms with Crippen molar-refractivity contribution < 1.29 is 9.59 Å². The second-order valence-corrected chi connectivity index (χ2v) is 13.4. The monoisotopic (exact) mass is 617 g/mol. The summed E-state index contributed by atoms with van der Waals surface area (Å²) in [6.45, 7) is 2.03. The summed E-state index contributed by atoms with van der Waals surface area (Å²) in [7, 11) is 0. The number of thiophene rings is 1. The minimum absolute atomic E-state index is 0.0263. The van der Waals surface area contributed by atoms with Gasteiger partial charge in [0, 0.05) is 33.5 Å². The lowest BCUT2D eigenvalue weighted by Crippen LogP contribution is -2.38. The topological polar surface area (TPSA) is 138 Å². The number of thioether (sulfide) groups is 1. The van der Waals surface area contributed by atoms with Crippen LogP contribution in [0.25, 0.3) is 11.3 Å². The highest BCUT2D eigenvalue weighted by atomic mass is 32.2. The Morgan fingerprint density at radius 2 is 2.05 bits per heavy atom. The van der Waals surface area contributed by atoms with Crippen molar-refractivity contribution in [2.75, 3.05) is 16.0 Å². The number of hydrogen-bond acceptors (Lipinski definition) is 12. The third-order valence-corrected chi connectivity index (χ3v) is 10.5. The quantitative estimate of drug-likeness (QED) is 0.237. The molecule has 206 valence electrons. The van der Waals surface area contributed by atoms with Gasteiger partial charge in [-0.2, -0.15) is 5.26 Å². The van der Waals surface area contributed by atoms with E-state index < -0.39 is 5.92 Å². The van der Waals surface area contributed by atoms with Crippen LogP contribution >= 0.6 is 45.8 Å². The Morgan fingerprint density at radius 1 is 1.22 bits per heavy atom. The number of rotatable bonds is 7. The number of anilines is 2. The summed E-state index contributed by atoms with van der Waals surface area (Å²) in [6, 6.07) is 14.2. The molecule has 1 aromatic carbocycles. The van der Waals surface area contributed by atoms with Gasteiger partial charge in [0.15, 0.2) is 15.3 Å². The first-order chi connectivity index (χ1) is 19.9. The van der Waals surface area contributed by atoms with Gasteiger partial charge in [0.05, 0.1) is 29.0 Å². The van der Waals surface area contributed by atoms with Gasteiger partial charge in [0.2, 0.25) is 11.0 Å². The fraction of sp³-hybridized carbons (Fsp3) is 0.214. The second kappa shape index (κ2) is 11.6. The van der Waals surface area contributed by atoms with Gasteiger partial charge in [-0.1, -0.05) is 59.0 Å². The standard InChI is InChI=1S/C28H23N7O2S4/c1-15-7-9-16(10-8-15)18-13-39-26(31-18)32-22(37)14-40-28-34-33-27(41-28)35-19-4-2-5-20(36)24(19)23(17(12-29)25(35)30)21-6-3-11-38-21/h3,6-11,13,23H,2,4-5,14,30H2,1H3,(H,31,32,37). The highest BCUT2D eigenvalue weighted by molar-refractivity contribution is 8.01. The van der Waals surface area contributed by atoms with Crippen LogP contribution in [0.2, 0.25) is 0 Å². The van der Waals surface area contributed by atoms with Gasteiger partial charge in [0.25, 0.3) is 0 Å². The van der Waals surface area contributed by atoms with Crippen molar-refractivity contribution in [3.63, 3.8) is 0 Å². The van der Waals surface area contributed by atoms with E-state index in [1.807, 2.05) is 54.1 Å². The number of benzene rings is 1. The fourth-order valence-corrected chi connectivity index (χ4v) is 8.13.